The van der Waals surface area contributed by atoms with Gasteiger partial charge < -0.3 is 10.1 Å². The van der Waals surface area contributed by atoms with Gasteiger partial charge in [0.2, 0.25) is 10.0 Å². The first-order valence-corrected chi connectivity index (χ1v) is 13.6. The molecule has 0 bridgehead atoms. The van der Waals surface area contributed by atoms with Crippen molar-refractivity contribution in [2.24, 2.45) is 5.92 Å². The smallest absolute Gasteiger partial charge is 0.262 e. The molecule has 2 aliphatic rings. The molecule has 3 heterocycles. The Bertz CT molecular complexity index is 769. The summed E-state index contributed by atoms with van der Waals surface area (Å²) in [4.78, 5) is 15.7. The van der Waals surface area contributed by atoms with Gasteiger partial charge in [-0.05, 0) is 23.8 Å². The molecule has 1 unspecified atom stereocenters. The molecular weight excluding hydrogens is 430 g/mol. The molecule has 1 aromatic rings. The van der Waals surface area contributed by atoms with Crippen LogP contribution in [-0.2, 0) is 14.8 Å². The predicted octanol–water partition coefficient (Wildman–Crippen LogP) is 1.96. The number of thiophene rings is 1. The van der Waals surface area contributed by atoms with Gasteiger partial charge in [-0.2, -0.15) is 16.1 Å². The zero-order valence-corrected chi connectivity index (χ0v) is 19.6. The van der Waals surface area contributed by atoms with Crippen LogP contribution in [0.4, 0.5) is 0 Å². The van der Waals surface area contributed by atoms with Crippen molar-refractivity contribution in [1.29, 1.82) is 0 Å². The van der Waals surface area contributed by atoms with Crippen molar-refractivity contribution in [1.82, 2.24) is 14.5 Å². The molecule has 2 saturated heterocycles. The Balaban J connectivity index is 1.68. The van der Waals surface area contributed by atoms with E-state index in [1.807, 2.05) is 0 Å². The molecule has 0 aliphatic carbocycles. The maximum Gasteiger partial charge on any atom is 0.262 e. The highest BCUT2D eigenvalue weighted by Gasteiger charge is 2.31. The van der Waals surface area contributed by atoms with Crippen molar-refractivity contribution in [2.75, 3.05) is 57.4 Å². The number of ether oxygens (including phenoxy) is 1. The fourth-order valence-corrected chi connectivity index (χ4v) is 7.62. The highest BCUT2D eigenvalue weighted by atomic mass is 32.2. The Labute approximate surface area is 182 Å². The van der Waals surface area contributed by atoms with E-state index in [4.69, 9.17) is 4.74 Å². The first kappa shape index (κ1) is 23.0. The molecule has 0 spiro atoms. The number of amides is 1. The molecule has 0 saturated carbocycles. The molecule has 0 radical (unpaired) electrons. The van der Waals surface area contributed by atoms with E-state index in [2.05, 4.69) is 24.1 Å². The Morgan fingerprint density at radius 3 is 2.55 bits per heavy atom. The molecule has 1 N–H and O–H groups in total. The fourth-order valence-electron chi connectivity index (χ4n) is 3.73. The van der Waals surface area contributed by atoms with Crippen LogP contribution in [0.2, 0.25) is 0 Å². The number of sulfonamides is 1. The van der Waals surface area contributed by atoms with Crippen LogP contribution in [0, 0.1) is 5.92 Å². The van der Waals surface area contributed by atoms with E-state index in [0.717, 1.165) is 31.0 Å². The SMILES string of the molecule is CC(C)CC(CNC(=O)c1sccc1S(=O)(=O)N1CCSCC1)N1CCOCC1. The summed E-state index contributed by atoms with van der Waals surface area (Å²) in [5.74, 6) is 1.80. The molecule has 0 aromatic carbocycles. The summed E-state index contributed by atoms with van der Waals surface area (Å²) in [6.07, 6.45) is 0.974. The molecule has 3 rings (SSSR count). The molecule has 2 aliphatic heterocycles. The summed E-state index contributed by atoms with van der Waals surface area (Å²) < 4.78 is 33.0. The number of hydrogen-bond acceptors (Lipinski definition) is 7. The van der Waals surface area contributed by atoms with Crippen molar-refractivity contribution in [2.45, 2.75) is 31.2 Å². The standard InChI is InChI=1S/C19H31N3O4S3/c1-15(2)13-16(21-4-8-26-9-5-21)14-20-19(23)18-17(3-10-28-18)29(24,25)22-6-11-27-12-7-22/h3,10,15-16H,4-9,11-14H2,1-2H3,(H,20,23). The average Bonchev–Trinajstić information content (AvgIpc) is 3.23. The molecule has 2 fully saturated rings. The number of rotatable bonds is 8. The highest BCUT2D eigenvalue weighted by molar-refractivity contribution is 7.99. The van der Waals surface area contributed by atoms with Crippen LogP contribution in [0.15, 0.2) is 16.3 Å². The summed E-state index contributed by atoms with van der Waals surface area (Å²) in [7, 11) is -3.63. The number of nitrogens with one attached hydrogen (secondary N) is 1. The lowest BCUT2D eigenvalue weighted by atomic mass is 10.0. The zero-order chi connectivity index (χ0) is 20.9. The predicted molar refractivity (Wildman–Crippen MR) is 118 cm³/mol. The number of hydrogen-bond donors (Lipinski definition) is 1. The second-order valence-corrected chi connectivity index (χ2v) is 11.8. The van der Waals surface area contributed by atoms with Crippen molar-refractivity contribution < 1.29 is 17.9 Å². The lowest BCUT2D eigenvalue weighted by Crippen LogP contribution is -2.49. The highest BCUT2D eigenvalue weighted by Crippen LogP contribution is 2.27. The van der Waals surface area contributed by atoms with Crippen molar-refractivity contribution >= 4 is 39.0 Å². The van der Waals surface area contributed by atoms with Crippen LogP contribution >= 0.6 is 23.1 Å². The lowest BCUT2D eigenvalue weighted by Gasteiger charge is -2.35. The van der Waals surface area contributed by atoms with E-state index in [1.54, 1.807) is 23.2 Å². The topological polar surface area (TPSA) is 79.0 Å². The van der Waals surface area contributed by atoms with Gasteiger partial charge in [0.15, 0.2) is 0 Å². The molecule has 164 valence electrons. The zero-order valence-electron chi connectivity index (χ0n) is 17.1. The van der Waals surface area contributed by atoms with Gasteiger partial charge in [-0.3, -0.25) is 9.69 Å². The van der Waals surface area contributed by atoms with Crippen LogP contribution in [0.1, 0.15) is 29.9 Å². The second kappa shape index (κ2) is 10.6. The Morgan fingerprint density at radius 2 is 1.90 bits per heavy atom. The normalized spacial score (nSPS) is 20.7. The van der Waals surface area contributed by atoms with E-state index >= 15 is 0 Å². The molecule has 29 heavy (non-hydrogen) atoms. The number of thioether (sulfide) groups is 1. The third kappa shape index (κ3) is 5.95. The van der Waals surface area contributed by atoms with Crippen molar-refractivity contribution in [3.05, 3.63) is 16.3 Å². The van der Waals surface area contributed by atoms with Gasteiger partial charge in [0, 0.05) is 50.3 Å². The first-order chi connectivity index (χ1) is 13.9. The summed E-state index contributed by atoms with van der Waals surface area (Å²) in [5.41, 5.74) is 0. The Kier molecular flexibility index (Phi) is 8.41. The minimum Gasteiger partial charge on any atom is -0.379 e. The molecule has 1 atom stereocenters. The van der Waals surface area contributed by atoms with Crippen LogP contribution in [-0.4, -0.2) is 87.0 Å². The van der Waals surface area contributed by atoms with Crippen LogP contribution in [0.25, 0.3) is 0 Å². The minimum atomic E-state index is -3.63. The van der Waals surface area contributed by atoms with E-state index in [-0.39, 0.29) is 21.7 Å². The number of carbonyl (C=O) groups is 1. The largest absolute Gasteiger partial charge is 0.379 e. The fraction of sp³-hybridized carbons (Fsp3) is 0.737. The van der Waals surface area contributed by atoms with Gasteiger partial charge in [0.05, 0.1) is 13.2 Å². The van der Waals surface area contributed by atoms with Crippen LogP contribution in [0.3, 0.4) is 0 Å². The van der Waals surface area contributed by atoms with Gasteiger partial charge >= 0.3 is 0 Å². The van der Waals surface area contributed by atoms with Gasteiger partial charge in [-0.15, -0.1) is 11.3 Å². The number of carbonyl (C=O) groups excluding carboxylic acids is 1. The summed E-state index contributed by atoms with van der Waals surface area (Å²) in [6.45, 7) is 9.00. The minimum absolute atomic E-state index is 0.138. The third-order valence-electron chi connectivity index (χ3n) is 5.23. The molecule has 10 heteroatoms. The van der Waals surface area contributed by atoms with Gasteiger partial charge in [0.1, 0.15) is 9.77 Å². The lowest BCUT2D eigenvalue weighted by molar-refractivity contribution is 0.0124. The summed E-state index contributed by atoms with van der Waals surface area (Å²) in [6, 6.07) is 1.78. The number of nitrogens with zero attached hydrogens (tertiary/aromatic N) is 2. The van der Waals surface area contributed by atoms with Crippen molar-refractivity contribution in [3.8, 4) is 0 Å². The summed E-state index contributed by atoms with van der Waals surface area (Å²) >= 11 is 2.95. The maximum atomic E-state index is 13.0. The average molecular weight is 462 g/mol. The Morgan fingerprint density at radius 1 is 1.21 bits per heavy atom. The maximum absolute atomic E-state index is 13.0. The quantitative estimate of drug-likeness (QED) is 0.638. The molecule has 1 amide bonds. The van der Waals surface area contributed by atoms with Gasteiger partial charge in [-0.25, -0.2) is 8.42 Å². The van der Waals surface area contributed by atoms with Gasteiger partial charge in [0.25, 0.3) is 5.91 Å². The monoisotopic (exact) mass is 461 g/mol. The summed E-state index contributed by atoms with van der Waals surface area (Å²) in [5, 5.41) is 4.69. The molecular formula is C19H31N3O4S3. The third-order valence-corrected chi connectivity index (χ3v) is 9.15. The van der Waals surface area contributed by atoms with E-state index in [1.165, 1.54) is 15.6 Å². The first-order valence-electron chi connectivity index (χ1n) is 10.1. The van der Waals surface area contributed by atoms with Crippen molar-refractivity contribution in [3.63, 3.8) is 0 Å². The molecule has 7 nitrogen and oxygen atoms in total. The second-order valence-electron chi connectivity index (χ2n) is 7.77. The Hall–Kier alpha value is -0.650. The van der Waals surface area contributed by atoms with Crippen LogP contribution in [0.5, 0.6) is 0 Å². The molecule has 1 aromatic heterocycles. The van der Waals surface area contributed by atoms with Gasteiger partial charge in [-0.1, -0.05) is 13.8 Å². The van der Waals surface area contributed by atoms with E-state index < -0.39 is 10.0 Å². The van der Waals surface area contributed by atoms with E-state index in [0.29, 0.717) is 38.8 Å². The number of morpholine rings is 1. The van der Waals surface area contributed by atoms with E-state index in [9.17, 15) is 13.2 Å². The van der Waals surface area contributed by atoms with Crippen LogP contribution < -0.4 is 5.32 Å².